The largest absolute Gasteiger partial charge is 0.449 e. The predicted molar refractivity (Wildman–Crippen MR) is 60.3 cm³/mol. The Morgan fingerprint density at radius 3 is 2.38 bits per heavy atom. The van der Waals surface area contributed by atoms with Crippen LogP contribution >= 0.6 is 11.6 Å². The van der Waals surface area contributed by atoms with Crippen LogP contribution in [-0.2, 0) is 14.3 Å². The predicted octanol–water partition coefficient (Wildman–Crippen LogP) is 2.03. The van der Waals surface area contributed by atoms with Crippen LogP contribution in [0.25, 0.3) is 0 Å². The summed E-state index contributed by atoms with van der Waals surface area (Å²) in [5.41, 5.74) is -0.555. The van der Waals surface area contributed by atoms with Gasteiger partial charge in [0, 0.05) is 6.04 Å². The molecule has 94 valence electrons. The Bertz CT molecular complexity index is 250. The van der Waals surface area contributed by atoms with Crippen molar-refractivity contribution in [3.63, 3.8) is 0 Å². The molecule has 0 saturated carbocycles. The fourth-order valence-corrected chi connectivity index (χ4v) is 1.05. The van der Waals surface area contributed by atoms with Crippen LogP contribution in [0.15, 0.2) is 0 Å². The Labute approximate surface area is 100 Å². The standard InChI is InChI=1S/C10H18ClNO4/c1-7(5-8(13)15-6-11)12-9(14)16-10(2,3)4/h7H,5-6H2,1-4H3,(H,12,14). The molecule has 0 rings (SSSR count). The van der Waals surface area contributed by atoms with Gasteiger partial charge in [0.15, 0.2) is 6.07 Å². The third kappa shape index (κ3) is 8.35. The van der Waals surface area contributed by atoms with Crippen LogP contribution in [-0.4, -0.2) is 29.8 Å². The van der Waals surface area contributed by atoms with Crippen LogP contribution in [0, 0.1) is 0 Å². The minimum atomic E-state index is -0.557. The summed E-state index contributed by atoms with van der Waals surface area (Å²) in [5.74, 6) is -0.460. The molecule has 6 heteroatoms. The highest BCUT2D eigenvalue weighted by Gasteiger charge is 2.19. The van der Waals surface area contributed by atoms with E-state index in [0.717, 1.165) is 0 Å². The molecule has 0 aromatic heterocycles. The van der Waals surface area contributed by atoms with E-state index in [1.165, 1.54) is 0 Å². The highest BCUT2D eigenvalue weighted by atomic mass is 35.5. The third-order valence-electron chi connectivity index (χ3n) is 1.45. The lowest BCUT2D eigenvalue weighted by molar-refractivity contribution is -0.142. The number of nitrogens with one attached hydrogen (secondary N) is 1. The lowest BCUT2D eigenvalue weighted by Crippen LogP contribution is -2.38. The second kappa shape index (κ2) is 6.58. The molecule has 0 spiro atoms. The van der Waals surface area contributed by atoms with Gasteiger partial charge in [-0.15, -0.1) is 0 Å². The van der Waals surface area contributed by atoms with Crippen molar-refractivity contribution in [3.8, 4) is 0 Å². The van der Waals surface area contributed by atoms with Gasteiger partial charge in [-0.1, -0.05) is 11.6 Å². The summed E-state index contributed by atoms with van der Waals surface area (Å²) in [6.07, 6.45) is -0.495. The van der Waals surface area contributed by atoms with E-state index < -0.39 is 17.7 Å². The minimum absolute atomic E-state index is 0.0615. The van der Waals surface area contributed by atoms with Crippen LogP contribution < -0.4 is 5.32 Å². The van der Waals surface area contributed by atoms with Gasteiger partial charge in [-0.05, 0) is 27.7 Å². The molecule has 1 atom stereocenters. The molecular formula is C10H18ClNO4. The fraction of sp³-hybridized carbons (Fsp3) is 0.800. The van der Waals surface area contributed by atoms with Gasteiger partial charge in [0.1, 0.15) is 5.60 Å². The average molecular weight is 252 g/mol. The van der Waals surface area contributed by atoms with Crippen molar-refractivity contribution >= 4 is 23.7 Å². The summed E-state index contributed by atoms with van der Waals surface area (Å²) in [5, 5.41) is 2.52. The number of carbonyl (C=O) groups is 2. The summed E-state index contributed by atoms with van der Waals surface area (Å²) in [4.78, 5) is 22.3. The van der Waals surface area contributed by atoms with Crippen LogP contribution in [0.4, 0.5) is 4.79 Å². The van der Waals surface area contributed by atoms with E-state index in [2.05, 4.69) is 10.1 Å². The first-order valence-electron chi connectivity index (χ1n) is 4.95. The number of carbonyl (C=O) groups excluding carboxylic acids is 2. The minimum Gasteiger partial charge on any atom is -0.449 e. The summed E-state index contributed by atoms with van der Waals surface area (Å²) in [6, 6.07) is -0.539. The van der Waals surface area contributed by atoms with Crippen LogP contribution in [0.1, 0.15) is 34.1 Å². The quantitative estimate of drug-likeness (QED) is 0.613. The van der Waals surface area contributed by atoms with Crippen molar-refractivity contribution in [1.82, 2.24) is 5.32 Å². The summed E-state index contributed by atoms with van der Waals surface area (Å²) < 4.78 is 9.55. The summed E-state index contributed by atoms with van der Waals surface area (Å²) in [6.45, 7) is 6.97. The second-order valence-corrected chi connectivity index (χ2v) is 4.60. The molecule has 0 heterocycles. The highest BCUT2D eigenvalue weighted by molar-refractivity contribution is 6.17. The molecule has 0 aromatic carbocycles. The number of hydrogen-bond acceptors (Lipinski definition) is 4. The molecule has 1 unspecified atom stereocenters. The highest BCUT2D eigenvalue weighted by Crippen LogP contribution is 2.07. The van der Waals surface area contributed by atoms with Crippen molar-refractivity contribution in [2.45, 2.75) is 45.8 Å². The number of alkyl carbamates (subject to hydrolysis) is 1. The monoisotopic (exact) mass is 251 g/mol. The number of hydrogen-bond donors (Lipinski definition) is 1. The first-order chi connectivity index (χ1) is 7.24. The van der Waals surface area contributed by atoms with Crippen LogP contribution in [0.2, 0.25) is 0 Å². The van der Waals surface area contributed by atoms with Gasteiger partial charge in [0.25, 0.3) is 0 Å². The Balaban J connectivity index is 3.91. The lowest BCUT2D eigenvalue weighted by atomic mass is 10.2. The molecule has 5 nitrogen and oxygen atoms in total. The molecule has 0 radical (unpaired) electrons. The van der Waals surface area contributed by atoms with E-state index >= 15 is 0 Å². The zero-order valence-electron chi connectivity index (χ0n) is 10.0. The number of halogens is 1. The topological polar surface area (TPSA) is 64.6 Å². The molecule has 0 aliphatic rings. The molecule has 0 aromatic rings. The molecule has 1 N–H and O–H groups in total. The van der Waals surface area contributed by atoms with Crippen molar-refractivity contribution in [2.75, 3.05) is 6.07 Å². The number of esters is 1. The molecule has 0 bridgehead atoms. The molecule has 0 saturated heterocycles. The van der Waals surface area contributed by atoms with E-state index in [1.54, 1.807) is 27.7 Å². The number of rotatable bonds is 4. The van der Waals surface area contributed by atoms with Gasteiger partial charge in [-0.3, -0.25) is 4.79 Å². The fourth-order valence-electron chi connectivity index (χ4n) is 0.930. The Morgan fingerprint density at radius 2 is 1.94 bits per heavy atom. The molecule has 1 amide bonds. The maximum Gasteiger partial charge on any atom is 0.407 e. The van der Waals surface area contributed by atoms with E-state index in [-0.39, 0.29) is 18.5 Å². The normalized spacial score (nSPS) is 12.8. The van der Waals surface area contributed by atoms with E-state index in [9.17, 15) is 9.59 Å². The number of ether oxygens (including phenoxy) is 2. The maximum absolute atomic E-state index is 11.3. The molecule has 0 aliphatic heterocycles. The zero-order chi connectivity index (χ0) is 12.8. The first kappa shape index (κ1) is 15.0. The lowest BCUT2D eigenvalue weighted by Gasteiger charge is -2.21. The SMILES string of the molecule is CC(CC(=O)OCCl)NC(=O)OC(C)(C)C. The van der Waals surface area contributed by atoms with Gasteiger partial charge in [0.05, 0.1) is 6.42 Å². The molecule has 16 heavy (non-hydrogen) atoms. The van der Waals surface area contributed by atoms with Gasteiger partial charge in [-0.25, -0.2) is 4.79 Å². The van der Waals surface area contributed by atoms with Gasteiger partial charge in [0.2, 0.25) is 0 Å². The molecule has 0 aliphatic carbocycles. The first-order valence-corrected chi connectivity index (χ1v) is 5.49. The van der Waals surface area contributed by atoms with Crippen molar-refractivity contribution in [2.24, 2.45) is 0 Å². The Morgan fingerprint density at radius 1 is 1.38 bits per heavy atom. The van der Waals surface area contributed by atoms with Crippen LogP contribution in [0.3, 0.4) is 0 Å². The maximum atomic E-state index is 11.3. The van der Waals surface area contributed by atoms with Crippen LogP contribution in [0.5, 0.6) is 0 Å². The van der Waals surface area contributed by atoms with Crippen molar-refractivity contribution in [1.29, 1.82) is 0 Å². The Hall–Kier alpha value is -0.970. The van der Waals surface area contributed by atoms with Crippen molar-refractivity contribution in [3.05, 3.63) is 0 Å². The van der Waals surface area contributed by atoms with Crippen molar-refractivity contribution < 1.29 is 19.1 Å². The summed E-state index contributed by atoms with van der Waals surface area (Å²) in [7, 11) is 0. The number of amides is 1. The van der Waals surface area contributed by atoms with E-state index in [1.807, 2.05) is 0 Å². The van der Waals surface area contributed by atoms with Gasteiger partial charge >= 0.3 is 12.1 Å². The second-order valence-electron chi connectivity index (χ2n) is 4.38. The molecule has 0 fully saturated rings. The number of alkyl halides is 1. The molecular weight excluding hydrogens is 234 g/mol. The average Bonchev–Trinajstić information content (AvgIpc) is 1.98. The van der Waals surface area contributed by atoms with Gasteiger partial charge < -0.3 is 14.8 Å². The van der Waals surface area contributed by atoms with E-state index in [0.29, 0.717) is 0 Å². The summed E-state index contributed by atoms with van der Waals surface area (Å²) >= 11 is 5.22. The van der Waals surface area contributed by atoms with E-state index in [4.69, 9.17) is 16.3 Å². The Kier molecular flexibility index (Phi) is 6.18. The zero-order valence-corrected chi connectivity index (χ0v) is 10.8. The third-order valence-corrected chi connectivity index (χ3v) is 1.56. The smallest absolute Gasteiger partial charge is 0.407 e. The van der Waals surface area contributed by atoms with Gasteiger partial charge in [-0.2, -0.15) is 0 Å².